The molecule has 0 bridgehead atoms. The molecule has 2 aliphatic rings. The van der Waals surface area contributed by atoms with E-state index in [1.165, 1.54) is 11.1 Å². The largest absolute Gasteiger partial charge is 0.379 e. The number of methoxy groups -OCH3 is 4. The molecule has 1 unspecified atom stereocenters. The standard InChI is InChI=1S/2C56H89N3O7/c2*1-16-39(6)53(58(13)55(64)46(37(2)3)34-49(62)52(38(4)5)57(11)12)50(65-14)35-51(63)59-30-20-23-47(59)54(66-15)40(7)48(61)33-44(31-42-21-18-17-19-22-42)32-45(60)29-28-41-24-26-43(27-25-41)36-56(8,9)10/h2*17-19,21-22,24-27,37-40,44,46-47,50,52-54H,16,20,23,28-36H2,1-15H3/t39-,40-,44?,46-,47-,50+,52-,53-,54+;39-,40-,44+,46-,47-,50+,52-,53-,54+/m00/s1. The number of Topliss-reactive ketones (excluding diaryl/α,β-unsaturated/α-hetero) is 6. The van der Waals surface area contributed by atoms with Crippen LogP contribution in [0.4, 0.5) is 0 Å². The topological polar surface area (TPSA) is 227 Å². The lowest BCUT2D eigenvalue weighted by Crippen LogP contribution is -2.54. The Hall–Kier alpha value is -7.46. The van der Waals surface area contributed by atoms with Gasteiger partial charge in [-0.05, 0) is 184 Å². The van der Waals surface area contributed by atoms with E-state index in [4.69, 9.17) is 18.9 Å². The van der Waals surface area contributed by atoms with Crippen LogP contribution in [0.1, 0.15) is 275 Å². The molecule has 4 aromatic carbocycles. The smallest absolute Gasteiger partial charge is 0.226 e. The number of likely N-dealkylation sites (tertiary alicyclic amines) is 2. The van der Waals surface area contributed by atoms with E-state index in [0.717, 1.165) is 60.8 Å². The lowest BCUT2D eigenvalue weighted by molar-refractivity contribution is -0.149. The first kappa shape index (κ1) is 115. The fourth-order valence-corrected chi connectivity index (χ4v) is 21.2. The van der Waals surface area contributed by atoms with Gasteiger partial charge in [0.2, 0.25) is 23.6 Å². The lowest BCUT2D eigenvalue weighted by atomic mass is 9.83. The van der Waals surface area contributed by atoms with E-state index in [9.17, 15) is 47.9 Å². The molecule has 20 nitrogen and oxygen atoms in total. The Morgan fingerprint density at radius 2 is 0.689 bits per heavy atom. The predicted octanol–water partition coefficient (Wildman–Crippen LogP) is 19.4. The SMILES string of the molecule is CC[C@H](C)[C@@H]([C@@H](CC(=O)N1CCC[C@H]1[C@H](OC)[C@@H](C)C(=O)CC(CC(=O)CCc1ccc(CC(C)(C)C)cc1)Cc1ccccc1)OC)N(C)C(=O)[C@@H](CC(=O)[C@H](C(C)C)N(C)C)C(C)C.CC[C@H](C)[C@@H]([C@@H](CC(=O)N1CCC[C@H]1[C@H](OC)[C@@H](C)C(=O)C[C@@H](CC(=O)CCc1ccc(CC(C)(C)C)cc1)Cc1ccccc1)OC)N(C)C(=O)[C@@H](CC(=O)[C@H](C(C)C)N(C)C)C(C)C. The fourth-order valence-electron chi connectivity index (χ4n) is 21.2. The van der Waals surface area contributed by atoms with Crippen LogP contribution in [-0.2, 0) is 105 Å². The number of hydrogen-bond acceptors (Lipinski definition) is 16. The van der Waals surface area contributed by atoms with Gasteiger partial charge in [0.25, 0.3) is 0 Å². The first-order chi connectivity index (χ1) is 62.0. The number of carbonyl (C=O) groups excluding carboxylic acids is 10. The van der Waals surface area contributed by atoms with E-state index >= 15 is 0 Å². The number of nitrogens with zero attached hydrogens (tertiary/aromatic N) is 6. The van der Waals surface area contributed by atoms with Crippen molar-refractivity contribution in [1.82, 2.24) is 29.4 Å². The predicted molar refractivity (Wildman–Crippen MR) is 534 cm³/mol. The number of benzene rings is 4. The average Bonchev–Trinajstić information content (AvgIpc) is 1.75. The molecule has 132 heavy (non-hydrogen) atoms. The Morgan fingerprint density at radius 3 is 0.955 bits per heavy atom. The molecule has 0 spiro atoms. The first-order valence-corrected chi connectivity index (χ1v) is 50.0. The van der Waals surface area contributed by atoms with Crippen LogP contribution in [0.25, 0.3) is 0 Å². The van der Waals surface area contributed by atoms with Gasteiger partial charge in [-0.1, -0.05) is 261 Å². The maximum Gasteiger partial charge on any atom is 0.226 e. The molecular weight excluding hydrogens is 1650 g/mol. The summed E-state index contributed by atoms with van der Waals surface area (Å²) < 4.78 is 24.5. The highest BCUT2D eigenvalue weighted by Crippen LogP contribution is 2.37. The van der Waals surface area contributed by atoms with Crippen molar-refractivity contribution in [3.05, 3.63) is 143 Å². The molecule has 0 radical (unpaired) electrons. The van der Waals surface area contributed by atoms with Gasteiger partial charge < -0.3 is 38.5 Å². The van der Waals surface area contributed by atoms with Gasteiger partial charge in [0, 0.05) is 131 Å². The van der Waals surface area contributed by atoms with Crippen LogP contribution in [0.5, 0.6) is 0 Å². The fraction of sp³-hybridized carbons (Fsp3) is 0.696. The highest BCUT2D eigenvalue weighted by Gasteiger charge is 2.47. The first-order valence-electron chi connectivity index (χ1n) is 50.0. The van der Waals surface area contributed by atoms with E-state index in [-0.39, 0.29) is 179 Å². The van der Waals surface area contributed by atoms with Crippen molar-refractivity contribution >= 4 is 58.3 Å². The molecule has 2 heterocycles. The van der Waals surface area contributed by atoms with Gasteiger partial charge in [0.15, 0.2) is 11.6 Å². The van der Waals surface area contributed by atoms with E-state index in [0.29, 0.717) is 77.3 Å². The van der Waals surface area contributed by atoms with E-state index < -0.39 is 60.2 Å². The Kier molecular flexibility index (Phi) is 48.5. The number of likely N-dealkylation sites (N-methyl/N-ethyl adjacent to an activating group) is 4. The van der Waals surface area contributed by atoms with Crippen LogP contribution in [0.3, 0.4) is 0 Å². The minimum absolute atomic E-state index is 0.00444. The number of carbonyl (C=O) groups is 10. The summed E-state index contributed by atoms with van der Waals surface area (Å²) in [7, 11) is 17.6. The van der Waals surface area contributed by atoms with Crippen LogP contribution in [0.15, 0.2) is 109 Å². The molecule has 0 N–H and O–H groups in total. The molecule has 2 saturated heterocycles. The summed E-state index contributed by atoms with van der Waals surface area (Å²) in [5, 5.41) is 0. The van der Waals surface area contributed by atoms with Crippen molar-refractivity contribution in [3.63, 3.8) is 0 Å². The van der Waals surface area contributed by atoms with Crippen LogP contribution >= 0.6 is 0 Å². The summed E-state index contributed by atoms with van der Waals surface area (Å²) in [4.78, 5) is 152. The summed E-state index contributed by atoms with van der Waals surface area (Å²) >= 11 is 0. The summed E-state index contributed by atoms with van der Waals surface area (Å²) in [6.45, 7) is 42.7. The Balaban J connectivity index is 0.000000467. The van der Waals surface area contributed by atoms with Crippen molar-refractivity contribution in [2.75, 3.05) is 83.8 Å². The van der Waals surface area contributed by atoms with Gasteiger partial charge in [-0.3, -0.25) is 57.7 Å². The number of amides is 4. The van der Waals surface area contributed by atoms with Gasteiger partial charge in [0.1, 0.15) is 23.1 Å². The van der Waals surface area contributed by atoms with Crippen LogP contribution < -0.4 is 0 Å². The molecule has 740 valence electrons. The lowest BCUT2D eigenvalue weighted by Gasteiger charge is -2.41. The van der Waals surface area contributed by atoms with Crippen molar-refractivity contribution in [2.24, 2.45) is 81.8 Å². The third-order valence-corrected chi connectivity index (χ3v) is 28.5. The summed E-state index contributed by atoms with van der Waals surface area (Å²) in [5.74, 6) is -2.26. The molecular formula is C112H178N6O14. The van der Waals surface area contributed by atoms with Crippen LogP contribution in [0, 0.1) is 81.8 Å². The highest BCUT2D eigenvalue weighted by molar-refractivity contribution is 5.92. The van der Waals surface area contributed by atoms with Crippen LogP contribution in [0.2, 0.25) is 0 Å². The number of aryl methyl sites for hydroxylation is 2. The number of hydrogen-bond donors (Lipinski definition) is 0. The van der Waals surface area contributed by atoms with Crippen molar-refractivity contribution < 1.29 is 66.9 Å². The van der Waals surface area contributed by atoms with Gasteiger partial charge in [0.05, 0.1) is 73.5 Å². The van der Waals surface area contributed by atoms with Crippen molar-refractivity contribution in [1.29, 1.82) is 0 Å². The second-order valence-electron chi connectivity index (χ2n) is 43.6. The zero-order valence-corrected chi connectivity index (χ0v) is 87.5. The Labute approximate surface area is 798 Å². The monoisotopic (exact) mass is 1830 g/mol. The summed E-state index contributed by atoms with van der Waals surface area (Å²) in [6, 6.07) is 35.3. The highest BCUT2D eigenvalue weighted by atomic mass is 16.5. The minimum atomic E-state index is -0.597. The second kappa shape index (κ2) is 55.7. The molecule has 2 aliphatic heterocycles. The molecule has 0 aliphatic carbocycles. The average molecular weight is 1830 g/mol. The molecule has 0 saturated carbocycles. The quantitative estimate of drug-likeness (QED) is 0.0400. The molecule has 4 aromatic rings. The minimum Gasteiger partial charge on any atom is -0.379 e. The normalized spacial score (nSPS) is 18.2. The molecule has 6 rings (SSSR count). The number of rotatable bonds is 56. The van der Waals surface area contributed by atoms with Gasteiger partial charge in [-0.2, -0.15) is 0 Å². The van der Waals surface area contributed by atoms with E-state index in [1.807, 2.05) is 153 Å². The molecule has 4 amide bonds. The zero-order valence-electron chi connectivity index (χ0n) is 87.5. The maximum atomic E-state index is 14.5. The molecule has 2 fully saturated rings. The number of ketones is 6. The number of ether oxygens (including phenoxy) is 4. The van der Waals surface area contributed by atoms with Crippen molar-refractivity contribution in [3.8, 4) is 0 Å². The molecule has 0 aromatic heterocycles. The van der Waals surface area contributed by atoms with Gasteiger partial charge in [-0.25, -0.2) is 0 Å². The Bertz CT molecular complexity index is 3890. The third kappa shape index (κ3) is 35.9. The molecule has 18 atom stereocenters. The van der Waals surface area contributed by atoms with Gasteiger partial charge >= 0.3 is 0 Å². The summed E-state index contributed by atoms with van der Waals surface area (Å²) in [6.07, 6.45) is 9.14. The summed E-state index contributed by atoms with van der Waals surface area (Å²) in [5.41, 5.74) is 7.45. The third-order valence-electron chi connectivity index (χ3n) is 28.5. The Morgan fingerprint density at radius 1 is 0.379 bits per heavy atom. The van der Waals surface area contributed by atoms with Crippen molar-refractivity contribution in [2.45, 2.75) is 340 Å². The van der Waals surface area contributed by atoms with Crippen LogP contribution in [-0.4, -0.2) is 232 Å². The van der Waals surface area contributed by atoms with Gasteiger partial charge in [-0.15, -0.1) is 0 Å². The molecule has 20 heteroatoms. The second-order valence-corrected chi connectivity index (χ2v) is 43.6. The zero-order chi connectivity index (χ0) is 98.9. The van der Waals surface area contributed by atoms with E-state index in [2.05, 4.69) is 142 Å². The maximum absolute atomic E-state index is 14.5. The van der Waals surface area contributed by atoms with E-state index in [1.54, 1.807) is 52.3 Å².